The highest BCUT2D eigenvalue weighted by molar-refractivity contribution is 5.79. The number of hydrogen-bond acceptors (Lipinski definition) is 3. The zero-order valence-electron chi connectivity index (χ0n) is 6.74. The lowest BCUT2D eigenvalue weighted by atomic mass is 10.4. The molecule has 2 N–H and O–H groups in total. The first-order chi connectivity index (χ1) is 5.57. The van der Waals surface area contributed by atoms with Gasteiger partial charge in [-0.05, 0) is 6.92 Å². The molecule has 1 amide bonds. The maximum atomic E-state index is 10.7. The number of rotatable bonds is 4. The van der Waals surface area contributed by atoms with Crippen LogP contribution in [-0.4, -0.2) is 29.8 Å². The number of aliphatic carboxylic acids is 1. The molecule has 0 aliphatic heterocycles. The Labute approximate surface area is 70.0 Å². The normalized spacial score (nSPS) is 11.4. The van der Waals surface area contributed by atoms with Crippen LogP contribution in [-0.2, 0) is 9.53 Å². The molecule has 0 aromatic rings. The summed E-state index contributed by atoms with van der Waals surface area (Å²) in [6, 6.07) is -0.942. The SMILES string of the molecule is C=CCOC(=O)NC(C)C(=O)O. The monoisotopic (exact) mass is 173 g/mol. The topological polar surface area (TPSA) is 75.6 Å². The predicted octanol–water partition coefficient (Wildman–Crippen LogP) is 0.372. The van der Waals surface area contributed by atoms with Crippen LogP contribution < -0.4 is 5.32 Å². The molecule has 5 heteroatoms. The third-order valence-corrected chi connectivity index (χ3v) is 1.04. The van der Waals surface area contributed by atoms with Gasteiger partial charge in [0, 0.05) is 0 Å². The highest BCUT2D eigenvalue weighted by Crippen LogP contribution is 1.84. The van der Waals surface area contributed by atoms with Gasteiger partial charge in [-0.1, -0.05) is 12.7 Å². The predicted molar refractivity (Wildman–Crippen MR) is 41.8 cm³/mol. The zero-order chi connectivity index (χ0) is 9.56. The molecule has 0 aliphatic carbocycles. The maximum absolute atomic E-state index is 10.7. The summed E-state index contributed by atoms with van der Waals surface area (Å²) < 4.78 is 4.48. The Balaban J connectivity index is 3.68. The highest BCUT2D eigenvalue weighted by atomic mass is 16.5. The van der Waals surface area contributed by atoms with Crippen LogP contribution in [0.4, 0.5) is 4.79 Å². The van der Waals surface area contributed by atoms with Crippen molar-refractivity contribution in [2.24, 2.45) is 0 Å². The first kappa shape index (κ1) is 10.5. The fourth-order valence-corrected chi connectivity index (χ4v) is 0.415. The fraction of sp³-hybridized carbons (Fsp3) is 0.429. The Morgan fingerprint density at radius 3 is 2.75 bits per heavy atom. The number of nitrogens with one attached hydrogen (secondary N) is 1. The molecule has 0 aromatic carbocycles. The Bertz CT molecular complexity index is 190. The second-order valence-electron chi connectivity index (χ2n) is 2.09. The van der Waals surface area contributed by atoms with Crippen LogP contribution >= 0.6 is 0 Å². The van der Waals surface area contributed by atoms with Gasteiger partial charge in [-0.15, -0.1) is 0 Å². The zero-order valence-corrected chi connectivity index (χ0v) is 6.74. The van der Waals surface area contributed by atoms with Gasteiger partial charge >= 0.3 is 12.1 Å². The van der Waals surface area contributed by atoms with Gasteiger partial charge in [0.25, 0.3) is 0 Å². The van der Waals surface area contributed by atoms with Crippen LogP contribution in [0, 0.1) is 0 Å². The first-order valence-corrected chi connectivity index (χ1v) is 3.35. The van der Waals surface area contributed by atoms with E-state index in [0.29, 0.717) is 0 Å². The molecule has 0 saturated heterocycles. The Morgan fingerprint density at radius 2 is 2.33 bits per heavy atom. The third-order valence-electron chi connectivity index (χ3n) is 1.04. The molecule has 68 valence electrons. The molecule has 0 fully saturated rings. The Morgan fingerprint density at radius 1 is 1.75 bits per heavy atom. The van der Waals surface area contributed by atoms with Crippen molar-refractivity contribution in [1.82, 2.24) is 5.32 Å². The summed E-state index contributed by atoms with van der Waals surface area (Å²) in [7, 11) is 0. The van der Waals surface area contributed by atoms with Gasteiger partial charge in [0.05, 0.1) is 0 Å². The molecule has 1 unspecified atom stereocenters. The molecule has 0 radical (unpaired) electrons. The summed E-state index contributed by atoms with van der Waals surface area (Å²) in [5.41, 5.74) is 0. The van der Waals surface area contributed by atoms with Crippen LogP contribution in [0.3, 0.4) is 0 Å². The van der Waals surface area contributed by atoms with E-state index in [1.165, 1.54) is 13.0 Å². The van der Waals surface area contributed by atoms with E-state index in [0.717, 1.165) is 0 Å². The number of carbonyl (C=O) groups excluding carboxylic acids is 1. The van der Waals surface area contributed by atoms with Crippen molar-refractivity contribution in [3.8, 4) is 0 Å². The minimum Gasteiger partial charge on any atom is -0.480 e. The lowest BCUT2D eigenvalue weighted by molar-refractivity contribution is -0.138. The van der Waals surface area contributed by atoms with Gasteiger partial charge in [0.2, 0.25) is 0 Å². The minimum absolute atomic E-state index is 0.0676. The number of carboxylic acids is 1. The van der Waals surface area contributed by atoms with Crippen molar-refractivity contribution < 1.29 is 19.4 Å². The van der Waals surface area contributed by atoms with E-state index in [1.54, 1.807) is 0 Å². The number of amides is 1. The van der Waals surface area contributed by atoms with Crippen molar-refractivity contribution in [2.75, 3.05) is 6.61 Å². The number of carboxylic acid groups (broad SMARTS) is 1. The largest absolute Gasteiger partial charge is 0.480 e. The summed E-state index contributed by atoms with van der Waals surface area (Å²) in [5.74, 6) is -1.11. The molecule has 0 heterocycles. The molecule has 1 atom stereocenters. The average Bonchev–Trinajstić information content (AvgIpc) is 2.00. The Kier molecular flexibility index (Phi) is 4.52. The van der Waals surface area contributed by atoms with Crippen LogP contribution in [0.2, 0.25) is 0 Å². The lowest BCUT2D eigenvalue weighted by Gasteiger charge is -2.08. The van der Waals surface area contributed by atoms with Crippen molar-refractivity contribution in [1.29, 1.82) is 0 Å². The molecule has 12 heavy (non-hydrogen) atoms. The van der Waals surface area contributed by atoms with Crippen LogP contribution in [0.15, 0.2) is 12.7 Å². The van der Waals surface area contributed by atoms with E-state index in [2.05, 4.69) is 16.6 Å². The van der Waals surface area contributed by atoms with Gasteiger partial charge in [-0.3, -0.25) is 4.79 Å². The maximum Gasteiger partial charge on any atom is 0.408 e. The highest BCUT2D eigenvalue weighted by Gasteiger charge is 2.13. The molecule has 5 nitrogen and oxygen atoms in total. The van der Waals surface area contributed by atoms with Gasteiger partial charge in [0.1, 0.15) is 12.6 Å². The Hall–Kier alpha value is -1.52. The van der Waals surface area contributed by atoms with E-state index in [-0.39, 0.29) is 6.61 Å². The number of alkyl carbamates (subject to hydrolysis) is 1. The number of carbonyl (C=O) groups is 2. The van der Waals surface area contributed by atoms with Crippen LogP contribution in [0.25, 0.3) is 0 Å². The summed E-state index contributed by atoms with van der Waals surface area (Å²) in [6.45, 7) is 4.74. The molecular formula is C7H11NO4. The third kappa shape index (κ3) is 4.32. The second kappa shape index (κ2) is 5.17. The number of ether oxygens (including phenoxy) is 1. The molecule has 0 saturated carbocycles. The molecule has 0 aromatic heterocycles. The second-order valence-corrected chi connectivity index (χ2v) is 2.09. The van der Waals surface area contributed by atoms with Crippen molar-refractivity contribution >= 4 is 12.1 Å². The standard InChI is InChI=1S/C7H11NO4/c1-3-4-12-7(11)8-5(2)6(9)10/h3,5H,1,4H2,2H3,(H,8,11)(H,9,10). The fourth-order valence-electron chi connectivity index (χ4n) is 0.415. The summed E-state index contributed by atoms with van der Waals surface area (Å²) >= 11 is 0. The van der Waals surface area contributed by atoms with Crippen LogP contribution in [0.1, 0.15) is 6.92 Å². The van der Waals surface area contributed by atoms with E-state index < -0.39 is 18.1 Å². The van der Waals surface area contributed by atoms with Crippen molar-refractivity contribution in [2.45, 2.75) is 13.0 Å². The lowest BCUT2D eigenvalue weighted by Crippen LogP contribution is -2.38. The van der Waals surface area contributed by atoms with Crippen molar-refractivity contribution in [3.05, 3.63) is 12.7 Å². The molecule has 0 aliphatic rings. The summed E-state index contributed by atoms with van der Waals surface area (Å²) in [5, 5.41) is 10.5. The minimum atomic E-state index is -1.11. The van der Waals surface area contributed by atoms with E-state index in [1.807, 2.05) is 0 Å². The van der Waals surface area contributed by atoms with Gasteiger partial charge in [-0.2, -0.15) is 0 Å². The molecular weight excluding hydrogens is 162 g/mol. The van der Waals surface area contributed by atoms with Crippen LogP contribution in [0.5, 0.6) is 0 Å². The quantitative estimate of drug-likeness (QED) is 0.602. The summed E-state index contributed by atoms with van der Waals surface area (Å²) in [4.78, 5) is 20.9. The summed E-state index contributed by atoms with van der Waals surface area (Å²) in [6.07, 6.45) is 0.634. The molecule has 0 bridgehead atoms. The van der Waals surface area contributed by atoms with E-state index in [4.69, 9.17) is 5.11 Å². The molecule has 0 rings (SSSR count). The van der Waals surface area contributed by atoms with Gasteiger partial charge in [-0.25, -0.2) is 4.79 Å². The van der Waals surface area contributed by atoms with E-state index in [9.17, 15) is 9.59 Å². The molecule has 0 spiro atoms. The van der Waals surface area contributed by atoms with Gasteiger partial charge < -0.3 is 15.2 Å². The first-order valence-electron chi connectivity index (χ1n) is 3.35. The van der Waals surface area contributed by atoms with Gasteiger partial charge in [0.15, 0.2) is 0 Å². The average molecular weight is 173 g/mol. The van der Waals surface area contributed by atoms with Crippen molar-refractivity contribution in [3.63, 3.8) is 0 Å². The number of hydrogen-bond donors (Lipinski definition) is 2. The smallest absolute Gasteiger partial charge is 0.408 e. The van der Waals surface area contributed by atoms with E-state index >= 15 is 0 Å².